The summed E-state index contributed by atoms with van der Waals surface area (Å²) in [6.07, 6.45) is 5.75. The maximum absolute atomic E-state index is 12.0. The molecule has 5 nitrogen and oxygen atoms in total. The molecule has 1 saturated carbocycles. The number of furan rings is 1. The van der Waals surface area contributed by atoms with Crippen LogP contribution in [0.4, 0.5) is 0 Å². The topological polar surface area (TPSA) is 85.3 Å². The first kappa shape index (κ1) is 15.5. The van der Waals surface area contributed by atoms with Gasteiger partial charge >= 0.3 is 0 Å². The molecule has 0 amide bonds. The van der Waals surface area contributed by atoms with E-state index in [2.05, 4.69) is 4.72 Å². The first-order valence-corrected chi connectivity index (χ1v) is 7.37. The fourth-order valence-corrected chi connectivity index (χ4v) is 3.61. The summed E-state index contributed by atoms with van der Waals surface area (Å²) >= 11 is 0. The lowest BCUT2D eigenvalue weighted by molar-refractivity contribution is 0.393. The molecule has 1 heterocycles. The van der Waals surface area contributed by atoms with Gasteiger partial charge in [-0.15, -0.1) is 12.4 Å². The molecule has 1 aliphatic rings. The van der Waals surface area contributed by atoms with Crippen molar-refractivity contribution in [3.8, 4) is 0 Å². The Morgan fingerprint density at radius 1 is 1.44 bits per heavy atom. The molecular weight excluding hydrogens is 276 g/mol. The minimum absolute atomic E-state index is 0. The van der Waals surface area contributed by atoms with Crippen LogP contribution in [-0.4, -0.2) is 21.0 Å². The van der Waals surface area contributed by atoms with Gasteiger partial charge in [0.25, 0.3) is 10.0 Å². The van der Waals surface area contributed by atoms with Gasteiger partial charge in [0.15, 0.2) is 0 Å². The highest BCUT2D eigenvalue weighted by atomic mass is 35.5. The quantitative estimate of drug-likeness (QED) is 0.862. The summed E-state index contributed by atoms with van der Waals surface area (Å²) in [4.78, 5) is 0. The molecule has 1 unspecified atom stereocenters. The van der Waals surface area contributed by atoms with Crippen LogP contribution in [0.2, 0.25) is 0 Å². The normalized spacial score (nSPS) is 18.5. The van der Waals surface area contributed by atoms with Gasteiger partial charge in [-0.3, -0.25) is 0 Å². The SMILES string of the molecule is Cl.NCC(NS(=O)(=O)c1ccco1)C1CCCC1. The molecule has 1 fully saturated rings. The summed E-state index contributed by atoms with van der Waals surface area (Å²) in [5.41, 5.74) is 5.66. The molecular formula is C11H19ClN2O3S. The van der Waals surface area contributed by atoms with Crippen LogP contribution in [0.1, 0.15) is 25.7 Å². The molecule has 1 aromatic heterocycles. The van der Waals surface area contributed by atoms with E-state index in [-0.39, 0.29) is 23.5 Å². The second-order valence-corrected chi connectivity index (χ2v) is 6.09. The molecule has 0 aromatic carbocycles. The van der Waals surface area contributed by atoms with Gasteiger partial charge in [-0.1, -0.05) is 12.8 Å². The minimum Gasteiger partial charge on any atom is -0.452 e. The smallest absolute Gasteiger partial charge is 0.274 e. The third-order valence-electron chi connectivity index (χ3n) is 3.29. The van der Waals surface area contributed by atoms with Crippen molar-refractivity contribution in [2.24, 2.45) is 11.7 Å². The predicted octanol–water partition coefficient (Wildman–Crippen LogP) is 1.50. The lowest BCUT2D eigenvalue weighted by atomic mass is 9.99. The molecule has 0 spiro atoms. The highest BCUT2D eigenvalue weighted by Gasteiger charge is 2.29. The average Bonchev–Trinajstić information content (AvgIpc) is 2.97. The third-order valence-corrected chi connectivity index (χ3v) is 4.66. The van der Waals surface area contributed by atoms with Gasteiger partial charge in [-0.2, -0.15) is 0 Å². The summed E-state index contributed by atoms with van der Waals surface area (Å²) in [5, 5.41) is -0.0473. The van der Waals surface area contributed by atoms with Crippen LogP contribution >= 0.6 is 12.4 Å². The Labute approximate surface area is 114 Å². The van der Waals surface area contributed by atoms with Gasteiger partial charge in [0, 0.05) is 12.6 Å². The largest absolute Gasteiger partial charge is 0.452 e. The fraction of sp³-hybridized carbons (Fsp3) is 0.636. The molecule has 104 valence electrons. The third kappa shape index (κ3) is 3.47. The highest BCUT2D eigenvalue weighted by Crippen LogP contribution is 2.28. The maximum atomic E-state index is 12.0. The standard InChI is InChI=1S/C11H18N2O3S.ClH/c12-8-10(9-4-1-2-5-9)13-17(14,15)11-6-3-7-16-11;/h3,6-7,9-10,13H,1-2,4-5,8,12H2;1H. The molecule has 2 rings (SSSR count). The van der Waals surface area contributed by atoms with Crippen LogP contribution in [-0.2, 0) is 10.0 Å². The molecule has 3 N–H and O–H groups in total. The van der Waals surface area contributed by atoms with E-state index in [1.807, 2.05) is 0 Å². The van der Waals surface area contributed by atoms with Crippen molar-refractivity contribution in [1.29, 1.82) is 0 Å². The first-order valence-electron chi connectivity index (χ1n) is 5.89. The number of rotatable bonds is 5. The predicted molar refractivity (Wildman–Crippen MR) is 71.1 cm³/mol. The summed E-state index contributed by atoms with van der Waals surface area (Å²) in [5.74, 6) is 0.352. The van der Waals surface area contributed by atoms with Gasteiger partial charge < -0.3 is 10.2 Å². The van der Waals surface area contributed by atoms with Crippen LogP contribution in [0.15, 0.2) is 27.9 Å². The van der Waals surface area contributed by atoms with E-state index in [1.165, 1.54) is 12.3 Å². The number of hydrogen-bond donors (Lipinski definition) is 2. The van der Waals surface area contributed by atoms with E-state index in [0.717, 1.165) is 25.7 Å². The van der Waals surface area contributed by atoms with Crippen LogP contribution in [0.3, 0.4) is 0 Å². The van der Waals surface area contributed by atoms with E-state index in [4.69, 9.17) is 10.2 Å². The zero-order chi connectivity index (χ0) is 12.3. The molecule has 0 bridgehead atoms. The van der Waals surface area contributed by atoms with Crippen LogP contribution < -0.4 is 10.5 Å². The van der Waals surface area contributed by atoms with Gasteiger partial charge in [0.05, 0.1) is 6.26 Å². The van der Waals surface area contributed by atoms with Crippen LogP contribution in [0, 0.1) is 5.92 Å². The molecule has 0 radical (unpaired) electrons. The molecule has 0 saturated heterocycles. The Bertz CT molecular complexity index is 441. The summed E-state index contributed by atoms with van der Waals surface area (Å²) in [6.45, 7) is 0.324. The van der Waals surface area contributed by atoms with Gasteiger partial charge in [-0.25, -0.2) is 13.1 Å². The zero-order valence-electron chi connectivity index (χ0n) is 10.0. The Morgan fingerprint density at radius 2 is 2.11 bits per heavy atom. The van der Waals surface area contributed by atoms with E-state index in [1.54, 1.807) is 6.07 Å². The van der Waals surface area contributed by atoms with Gasteiger partial charge in [0.1, 0.15) is 0 Å². The molecule has 18 heavy (non-hydrogen) atoms. The van der Waals surface area contributed by atoms with Crippen molar-refractivity contribution >= 4 is 22.4 Å². The first-order chi connectivity index (χ1) is 8.13. The van der Waals surface area contributed by atoms with Crippen molar-refractivity contribution in [2.45, 2.75) is 36.8 Å². The summed E-state index contributed by atoms with van der Waals surface area (Å²) < 4.78 is 31.5. The molecule has 0 aliphatic heterocycles. The lowest BCUT2D eigenvalue weighted by Crippen LogP contribution is -2.44. The van der Waals surface area contributed by atoms with Gasteiger partial charge in [-0.05, 0) is 30.9 Å². The number of sulfonamides is 1. The minimum atomic E-state index is -3.56. The highest BCUT2D eigenvalue weighted by molar-refractivity contribution is 7.89. The molecule has 7 heteroatoms. The van der Waals surface area contributed by atoms with Crippen molar-refractivity contribution in [3.63, 3.8) is 0 Å². The summed E-state index contributed by atoms with van der Waals surface area (Å²) in [7, 11) is -3.56. The number of nitrogens with one attached hydrogen (secondary N) is 1. The number of nitrogens with two attached hydrogens (primary N) is 1. The van der Waals surface area contributed by atoms with Crippen molar-refractivity contribution in [3.05, 3.63) is 18.4 Å². The second kappa shape index (κ2) is 6.56. The number of halogens is 1. The van der Waals surface area contributed by atoms with Crippen molar-refractivity contribution < 1.29 is 12.8 Å². The van der Waals surface area contributed by atoms with Crippen LogP contribution in [0.5, 0.6) is 0 Å². The van der Waals surface area contributed by atoms with E-state index >= 15 is 0 Å². The Kier molecular flexibility index (Phi) is 5.65. The van der Waals surface area contributed by atoms with Gasteiger partial charge in [0.2, 0.25) is 5.09 Å². The fourth-order valence-electron chi connectivity index (χ4n) is 2.37. The second-order valence-electron chi connectivity index (χ2n) is 4.44. The van der Waals surface area contributed by atoms with Crippen LogP contribution in [0.25, 0.3) is 0 Å². The molecule has 1 aromatic rings. The summed E-state index contributed by atoms with van der Waals surface area (Å²) in [6, 6.07) is 2.80. The Morgan fingerprint density at radius 3 is 2.61 bits per heavy atom. The van der Waals surface area contributed by atoms with E-state index in [9.17, 15) is 8.42 Å². The monoisotopic (exact) mass is 294 g/mol. The molecule has 1 aliphatic carbocycles. The average molecular weight is 295 g/mol. The molecule has 1 atom stereocenters. The van der Waals surface area contributed by atoms with Crippen molar-refractivity contribution in [2.75, 3.05) is 6.54 Å². The lowest BCUT2D eigenvalue weighted by Gasteiger charge is -2.22. The maximum Gasteiger partial charge on any atom is 0.274 e. The van der Waals surface area contributed by atoms with E-state index < -0.39 is 10.0 Å². The zero-order valence-corrected chi connectivity index (χ0v) is 11.7. The Balaban J connectivity index is 0.00000162. The Hall–Kier alpha value is -0.560. The number of hydrogen-bond acceptors (Lipinski definition) is 4. The van der Waals surface area contributed by atoms with E-state index in [0.29, 0.717) is 12.5 Å². The van der Waals surface area contributed by atoms with Crippen molar-refractivity contribution in [1.82, 2.24) is 4.72 Å².